The molecule has 0 saturated heterocycles. The maximum absolute atomic E-state index is 10.8. The van der Waals surface area contributed by atoms with Gasteiger partial charge < -0.3 is 9.84 Å². The van der Waals surface area contributed by atoms with Crippen LogP contribution in [0.15, 0.2) is 10.5 Å². The number of aliphatic hydroxyl groups is 1. The van der Waals surface area contributed by atoms with Gasteiger partial charge in [0.2, 0.25) is 0 Å². The van der Waals surface area contributed by atoms with Crippen molar-refractivity contribution in [2.75, 3.05) is 12.4 Å². The fourth-order valence-electron chi connectivity index (χ4n) is 1.10. The number of esters is 1. The van der Waals surface area contributed by atoms with Crippen LogP contribution < -0.4 is 0 Å². The van der Waals surface area contributed by atoms with E-state index in [2.05, 4.69) is 0 Å². The number of hydrogen-bond acceptors (Lipinski definition) is 4. The van der Waals surface area contributed by atoms with Crippen LogP contribution >= 0.6 is 11.8 Å². The lowest BCUT2D eigenvalue weighted by molar-refractivity contribution is -0.136. The van der Waals surface area contributed by atoms with E-state index < -0.39 is 6.10 Å². The van der Waals surface area contributed by atoms with Crippen LogP contribution in [0.2, 0.25) is 0 Å². The number of hydrogen-bond donors (Lipinski definition) is 1. The van der Waals surface area contributed by atoms with E-state index in [0.29, 0.717) is 17.9 Å². The Hall–Kier alpha value is -0.480. The highest BCUT2D eigenvalue weighted by Gasteiger charge is 2.35. The summed E-state index contributed by atoms with van der Waals surface area (Å²) in [5, 5.41) is 9.19. The van der Waals surface area contributed by atoms with Gasteiger partial charge >= 0.3 is 5.97 Å². The second-order valence-electron chi connectivity index (χ2n) is 2.24. The first-order valence-corrected chi connectivity index (χ1v) is 3.98. The van der Waals surface area contributed by atoms with Gasteiger partial charge in [0.1, 0.15) is 6.61 Å². The van der Waals surface area contributed by atoms with Crippen molar-refractivity contribution in [2.45, 2.75) is 6.10 Å². The molecule has 4 heteroatoms. The minimum atomic E-state index is -0.588. The van der Waals surface area contributed by atoms with Gasteiger partial charge in [-0.25, -0.2) is 4.79 Å². The number of thioether (sulfide) groups is 1. The van der Waals surface area contributed by atoms with Crippen molar-refractivity contribution in [1.82, 2.24) is 0 Å². The van der Waals surface area contributed by atoms with E-state index >= 15 is 0 Å². The first-order chi connectivity index (χ1) is 4.79. The minimum Gasteiger partial charge on any atom is -0.457 e. The molecule has 2 aliphatic heterocycles. The van der Waals surface area contributed by atoms with Crippen molar-refractivity contribution >= 4 is 17.7 Å². The van der Waals surface area contributed by atoms with Crippen LogP contribution in [0.4, 0.5) is 0 Å². The molecule has 0 aromatic rings. The summed E-state index contributed by atoms with van der Waals surface area (Å²) in [5.74, 6) is 0.271. The number of rotatable bonds is 0. The standard InChI is InChI=1S/C6H6O3S/c7-3-2-10-4-1-9-6(8)5(3)4/h3,7H,1-2H2/t3-/m0/s1. The molecule has 0 unspecified atom stereocenters. The largest absolute Gasteiger partial charge is 0.457 e. The Bertz CT molecular complexity index is 221. The third-order valence-corrected chi connectivity index (χ3v) is 2.77. The maximum Gasteiger partial charge on any atom is 0.337 e. The quantitative estimate of drug-likeness (QED) is 0.500. The highest BCUT2D eigenvalue weighted by molar-refractivity contribution is 8.03. The van der Waals surface area contributed by atoms with Crippen LogP contribution in [0, 0.1) is 0 Å². The molecule has 3 nitrogen and oxygen atoms in total. The first kappa shape index (κ1) is 6.24. The first-order valence-electron chi connectivity index (χ1n) is 3.00. The third-order valence-electron chi connectivity index (χ3n) is 1.60. The molecule has 2 aliphatic rings. The number of ether oxygens (including phenoxy) is 1. The van der Waals surface area contributed by atoms with Gasteiger partial charge in [-0.05, 0) is 0 Å². The summed E-state index contributed by atoms with van der Waals surface area (Å²) in [6, 6.07) is 0. The molecule has 0 fully saturated rings. The van der Waals surface area contributed by atoms with Crippen molar-refractivity contribution in [3.05, 3.63) is 10.5 Å². The molecule has 0 radical (unpaired) electrons. The van der Waals surface area contributed by atoms with E-state index in [1.807, 2.05) is 0 Å². The zero-order chi connectivity index (χ0) is 7.14. The molecule has 0 aromatic heterocycles. The Kier molecular flexibility index (Phi) is 1.25. The molecule has 0 aromatic carbocycles. The Balaban J connectivity index is 2.36. The Morgan fingerprint density at radius 2 is 2.50 bits per heavy atom. The van der Waals surface area contributed by atoms with Crippen molar-refractivity contribution in [3.8, 4) is 0 Å². The highest BCUT2D eigenvalue weighted by atomic mass is 32.2. The number of aliphatic hydroxyl groups excluding tert-OH is 1. The van der Waals surface area contributed by atoms with E-state index in [4.69, 9.17) is 4.74 Å². The van der Waals surface area contributed by atoms with E-state index in [-0.39, 0.29) is 5.97 Å². The molecule has 1 atom stereocenters. The van der Waals surface area contributed by atoms with E-state index in [9.17, 15) is 9.90 Å². The molecule has 0 amide bonds. The summed E-state index contributed by atoms with van der Waals surface area (Å²) in [7, 11) is 0. The summed E-state index contributed by atoms with van der Waals surface area (Å²) in [5.41, 5.74) is 0.491. The fourth-order valence-corrected chi connectivity index (χ4v) is 2.15. The van der Waals surface area contributed by atoms with Gasteiger partial charge in [0.05, 0.1) is 11.7 Å². The third kappa shape index (κ3) is 0.690. The Labute approximate surface area is 62.1 Å². The minimum absolute atomic E-state index is 0.340. The molecule has 2 heterocycles. The predicted molar refractivity (Wildman–Crippen MR) is 36.4 cm³/mol. The lowest BCUT2D eigenvalue weighted by Gasteiger charge is -2.01. The SMILES string of the molecule is O=C1OCC2=C1[C@@H](O)CS2. The maximum atomic E-state index is 10.8. The van der Waals surface area contributed by atoms with Crippen LogP contribution in [-0.2, 0) is 9.53 Å². The predicted octanol–water partition coefficient (Wildman–Crippen LogP) is -0.0950. The molecular formula is C6H6O3S. The van der Waals surface area contributed by atoms with E-state index in [1.54, 1.807) is 0 Å². The summed E-state index contributed by atoms with van der Waals surface area (Å²) in [4.78, 5) is 11.7. The van der Waals surface area contributed by atoms with Crippen LogP contribution in [-0.4, -0.2) is 29.5 Å². The van der Waals surface area contributed by atoms with E-state index in [1.165, 1.54) is 11.8 Å². The molecule has 0 saturated carbocycles. The lowest BCUT2D eigenvalue weighted by atomic mass is 10.2. The Morgan fingerprint density at radius 3 is 3.20 bits per heavy atom. The summed E-state index contributed by atoms with van der Waals surface area (Å²) in [6.07, 6.45) is -0.588. The van der Waals surface area contributed by atoms with Gasteiger partial charge in [-0.3, -0.25) is 0 Å². The fraction of sp³-hybridized carbons (Fsp3) is 0.500. The van der Waals surface area contributed by atoms with Crippen molar-refractivity contribution in [1.29, 1.82) is 0 Å². The van der Waals surface area contributed by atoms with Crippen LogP contribution in [0.5, 0.6) is 0 Å². The topological polar surface area (TPSA) is 46.5 Å². The normalized spacial score (nSPS) is 30.9. The second kappa shape index (κ2) is 2.00. The second-order valence-corrected chi connectivity index (χ2v) is 3.35. The van der Waals surface area contributed by atoms with Gasteiger partial charge in [-0.15, -0.1) is 11.8 Å². The van der Waals surface area contributed by atoms with Crippen LogP contribution in [0.25, 0.3) is 0 Å². The van der Waals surface area contributed by atoms with E-state index in [0.717, 1.165) is 4.91 Å². The van der Waals surface area contributed by atoms with Gasteiger partial charge in [0, 0.05) is 10.7 Å². The number of carbonyl (C=O) groups is 1. The monoisotopic (exact) mass is 158 g/mol. The lowest BCUT2D eigenvalue weighted by Crippen LogP contribution is -2.15. The molecule has 2 rings (SSSR count). The summed E-state index contributed by atoms with van der Waals surface area (Å²) < 4.78 is 4.70. The molecule has 10 heavy (non-hydrogen) atoms. The molecule has 0 aliphatic carbocycles. The average molecular weight is 158 g/mol. The molecule has 54 valence electrons. The highest BCUT2D eigenvalue weighted by Crippen LogP contribution is 2.36. The Morgan fingerprint density at radius 1 is 1.70 bits per heavy atom. The zero-order valence-electron chi connectivity index (χ0n) is 5.16. The van der Waals surface area contributed by atoms with Gasteiger partial charge in [-0.1, -0.05) is 0 Å². The molecular weight excluding hydrogens is 152 g/mol. The van der Waals surface area contributed by atoms with Gasteiger partial charge in [0.15, 0.2) is 0 Å². The van der Waals surface area contributed by atoms with Crippen LogP contribution in [0.1, 0.15) is 0 Å². The molecule has 0 bridgehead atoms. The molecule has 0 spiro atoms. The van der Waals surface area contributed by atoms with Crippen molar-refractivity contribution in [2.24, 2.45) is 0 Å². The van der Waals surface area contributed by atoms with Crippen LogP contribution in [0.3, 0.4) is 0 Å². The van der Waals surface area contributed by atoms with Crippen molar-refractivity contribution in [3.63, 3.8) is 0 Å². The average Bonchev–Trinajstić information content (AvgIpc) is 2.40. The number of carbonyl (C=O) groups excluding carboxylic acids is 1. The van der Waals surface area contributed by atoms with Gasteiger partial charge in [-0.2, -0.15) is 0 Å². The molecule has 1 N–H and O–H groups in total. The number of cyclic esters (lactones) is 1. The zero-order valence-corrected chi connectivity index (χ0v) is 5.98. The summed E-state index contributed by atoms with van der Waals surface area (Å²) in [6.45, 7) is 0.371. The van der Waals surface area contributed by atoms with Crippen molar-refractivity contribution < 1.29 is 14.6 Å². The summed E-state index contributed by atoms with van der Waals surface area (Å²) >= 11 is 1.51. The van der Waals surface area contributed by atoms with Gasteiger partial charge in [0.25, 0.3) is 0 Å². The smallest absolute Gasteiger partial charge is 0.337 e.